The summed E-state index contributed by atoms with van der Waals surface area (Å²) in [6.07, 6.45) is 3.57. The second kappa shape index (κ2) is 7.85. The first-order valence-electron chi connectivity index (χ1n) is 10.1. The molecule has 0 aliphatic carbocycles. The smallest absolute Gasteiger partial charge is 0.135 e. The van der Waals surface area contributed by atoms with E-state index in [9.17, 15) is 0 Å². The molecule has 0 bridgehead atoms. The first-order valence-corrected chi connectivity index (χ1v) is 10.1. The lowest BCUT2D eigenvalue weighted by Gasteiger charge is -2.32. The molecule has 27 heavy (non-hydrogen) atoms. The molecule has 5 heteroatoms. The molecule has 0 N–H and O–H groups in total. The summed E-state index contributed by atoms with van der Waals surface area (Å²) in [6.45, 7) is 9.45. The van der Waals surface area contributed by atoms with Gasteiger partial charge in [-0.15, -0.1) is 0 Å². The molecule has 0 unspecified atom stereocenters. The second-order valence-corrected chi connectivity index (χ2v) is 7.95. The monoisotopic (exact) mass is 366 g/mol. The van der Waals surface area contributed by atoms with Gasteiger partial charge in [0.1, 0.15) is 17.4 Å². The molecule has 3 heterocycles. The SMILES string of the molecule is COc1ccccc1CN1CCc2c(nc(C(C)C)nc2N2CCCC2)C1. The molecule has 0 saturated carbocycles. The zero-order chi connectivity index (χ0) is 18.8. The zero-order valence-electron chi connectivity index (χ0n) is 16.7. The molecule has 2 aromatic rings. The third-order valence-electron chi connectivity index (χ3n) is 5.65. The largest absolute Gasteiger partial charge is 0.496 e. The van der Waals surface area contributed by atoms with Crippen molar-refractivity contribution >= 4 is 5.82 Å². The van der Waals surface area contributed by atoms with Gasteiger partial charge in [-0.1, -0.05) is 32.0 Å². The average Bonchev–Trinajstić information content (AvgIpc) is 3.22. The molecule has 1 aromatic heterocycles. The van der Waals surface area contributed by atoms with Gasteiger partial charge < -0.3 is 9.64 Å². The van der Waals surface area contributed by atoms with Crippen molar-refractivity contribution < 1.29 is 4.74 Å². The van der Waals surface area contributed by atoms with Gasteiger partial charge in [0.15, 0.2) is 0 Å². The Balaban J connectivity index is 1.61. The van der Waals surface area contributed by atoms with Crippen LogP contribution in [0.2, 0.25) is 0 Å². The number of hydrogen-bond donors (Lipinski definition) is 0. The van der Waals surface area contributed by atoms with Crippen LogP contribution in [0.5, 0.6) is 5.75 Å². The number of benzene rings is 1. The minimum Gasteiger partial charge on any atom is -0.496 e. The molecule has 2 aliphatic heterocycles. The Kier molecular flexibility index (Phi) is 5.30. The summed E-state index contributed by atoms with van der Waals surface area (Å²) < 4.78 is 5.53. The number of hydrogen-bond acceptors (Lipinski definition) is 5. The van der Waals surface area contributed by atoms with E-state index in [1.165, 1.54) is 35.5 Å². The highest BCUT2D eigenvalue weighted by molar-refractivity contribution is 5.51. The fourth-order valence-electron chi connectivity index (χ4n) is 4.14. The molecular formula is C22H30N4O. The summed E-state index contributed by atoms with van der Waals surface area (Å²) in [4.78, 5) is 14.9. The number of para-hydroxylation sites is 1. The summed E-state index contributed by atoms with van der Waals surface area (Å²) in [6, 6.07) is 8.31. The van der Waals surface area contributed by atoms with Gasteiger partial charge in [0, 0.05) is 49.8 Å². The van der Waals surface area contributed by atoms with E-state index in [0.29, 0.717) is 5.92 Å². The molecule has 144 valence electrons. The molecule has 0 atom stereocenters. The van der Waals surface area contributed by atoms with E-state index >= 15 is 0 Å². The van der Waals surface area contributed by atoms with Crippen LogP contribution >= 0.6 is 0 Å². The van der Waals surface area contributed by atoms with Crippen molar-refractivity contribution in [2.75, 3.05) is 31.6 Å². The standard InChI is InChI=1S/C22H30N4O/c1-16(2)21-23-19-15-25(14-17-8-4-5-9-20(17)27-3)13-10-18(19)22(24-21)26-11-6-7-12-26/h4-5,8-9,16H,6-7,10-15H2,1-3H3. The second-order valence-electron chi connectivity index (χ2n) is 7.95. The number of aromatic nitrogens is 2. The van der Waals surface area contributed by atoms with Gasteiger partial charge in [0.25, 0.3) is 0 Å². The van der Waals surface area contributed by atoms with Crippen molar-refractivity contribution in [1.29, 1.82) is 0 Å². The Bertz CT molecular complexity index is 799. The maximum absolute atomic E-state index is 5.53. The molecule has 0 amide bonds. The Morgan fingerprint density at radius 1 is 1.07 bits per heavy atom. The summed E-state index contributed by atoms with van der Waals surface area (Å²) in [5.41, 5.74) is 3.83. The van der Waals surface area contributed by atoms with Gasteiger partial charge >= 0.3 is 0 Å². The van der Waals surface area contributed by atoms with Gasteiger partial charge in [-0.3, -0.25) is 4.90 Å². The number of methoxy groups -OCH3 is 1. The van der Waals surface area contributed by atoms with Gasteiger partial charge in [-0.25, -0.2) is 9.97 Å². The Morgan fingerprint density at radius 2 is 1.85 bits per heavy atom. The number of anilines is 1. The molecule has 0 radical (unpaired) electrons. The molecule has 5 nitrogen and oxygen atoms in total. The fraction of sp³-hybridized carbons (Fsp3) is 0.545. The third-order valence-corrected chi connectivity index (χ3v) is 5.65. The number of ether oxygens (including phenoxy) is 1. The van der Waals surface area contributed by atoms with E-state index in [0.717, 1.165) is 50.7 Å². The van der Waals surface area contributed by atoms with Crippen molar-refractivity contribution in [1.82, 2.24) is 14.9 Å². The van der Waals surface area contributed by atoms with E-state index in [1.807, 2.05) is 12.1 Å². The predicted octanol–water partition coefficient (Wildman–Crippen LogP) is 3.77. The van der Waals surface area contributed by atoms with Crippen LogP contribution in [0.1, 0.15) is 55.3 Å². The van der Waals surface area contributed by atoms with Gasteiger partial charge in [-0.2, -0.15) is 0 Å². The van der Waals surface area contributed by atoms with Crippen LogP contribution in [0.15, 0.2) is 24.3 Å². The molecule has 2 aliphatic rings. The van der Waals surface area contributed by atoms with Gasteiger partial charge in [0.2, 0.25) is 0 Å². The highest BCUT2D eigenvalue weighted by atomic mass is 16.5. The lowest BCUT2D eigenvalue weighted by molar-refractivity contribution is 0.237. The molecular weight excluding hydrogens is 336 g/mol. The lowest BCUT2D eigenvalue weighted by atomic mass is 10.0. The highest BCUT2D eigenvalue weighted by Crippen LogP contribution is 2.31. The van der Waals surface area contributed by atoms with E-state index in [1.54, 1.807) is 7.11 Å². The number of rotatable bonds is 5. The van der Waals surface area contributed by atoms with Crippen molar-refractivity contribution in [2.45, 2.75) is 52.1 Å². The van der Waals surface area contributed by atoms with Crippen LogP contribution in [0.3, 0.4) is 0 Å². The van der Waals surface area contributed by atoms with Gasteiger partial charge in [0.05, 0.1) is 12.8 Å². The van der Waals surface area contributed by atoms with E-state index in [2.05, 4.69) is 35.8 Å². The Morgan fingerprint density at radius 3 is 2.59 bits per heavy atom. The maximum Gasteiger partial charge on any atom is 0.135 e. The van der Waals surface area contributed by atoms with E-state index in [-0.39, 0.29) is 0 Å². The third kappa shape index (κ3) is 3.79. The summed E-state index contributed by atoms with van der Waals surface area (Å²) in [5.74, 6) is 3.50. The lowest BCUT2D eigenvalue weighted by Crippen LogP contribution is -2.33. The number of nitrogens with zero attached hydrogens (tertiary/aromatic N) is 4. The van der Waals surface area contributed by atoms with Crippen LogP contribution < -0.4 is 9.64 Å². The zero-order valence-corrected chi connectivity index (χ0v) is 16.7. The van der Waals surface area contributed by atoms with Crippen molar-refractivity contribution in [3.8, 4) is 5.75 Å². The molecule has 1 saturated heterocycles. The highest BCUT2D eigenvalue weighted by Gasteiger charge is 2.27. The first-order chi connectivity index (χ1) is 13.2. The van der Waals surface area contributed by atoms with Crippen LogP contribution in [0.4, 0.5) is 5.82 Å². The normalized spacial score (nSPS) is 17.4. The minimum absolute atomic E-state index is 0.348. The molecule has 1 fully saturated rings. The molecule has 0 spiro atoms. The van der Waals surface area contributed by atoms with E-state index in [4.69, 9.17) is 14.7 Å². The van der Waals surface area contributed by atoms with Crippen molar-refractivity contribution in [3.05, 3.63) is 46.9 Å². The van der Waals surface area contributed by atoms with E-state index < -0.39 is 0 Å². The minimum atomic E-state index is 0.348. The van der Waals surface area contributed by atoms with Crippen LogP contribution in [0, 0.1) is 0 Å². The summed E-state index contributed by atoms with van der Waals surface area (Å²) in [5, 5.41) is 0. The average molecular weight is 367 g/mol. The van der Waals surface area contributed by atoms with Crippen molar-refractivity contribution in [2.24, 2.45) is 0 Å². The van der Waals surface area contributed by atoms with Crippen LogP contribution in [0.25, 0.3) is 0 Å². The summed E-state index contributed by atoms with van der Waals surface area (Å²) >= 11 is 0. The molecule has 4 rings (SSSR count). The number of fused-ring (bicyclic) bond motifs is 1. The van der Waals surface area contributed by atoms with Crippen molar-refractivity contribution in [3.63, 3.8) is 0 Å². The van der Waals surface area contributed by atoms with Gasteiger partial charge in [-0.05, 0) is 25.3 Å². The topological polar surface area (TPSA) is 41.5 Å². The fourth-order valence-corrected chi connectivity index (χ4v) is 4.14. The predicted molar refractivity (Wildman–Crippen MR) is 108 cm³/mol. The quantitative estimate of drug-likeness (QED) is 0.806. The Hall–Kier alpha value is -2.14. The Labute approximate surface area is 162 Å². The van der Waals surface area contributed by atoms with Crippen LogP contribution in [-0.4, -0.2) is 41.6 Å². The summed E-state index contributed by atoms with van der Waals surface area (Å²) in [7, 11) is 1.74. The maximum atomic E-state index is 5.53. The van der Waals surface area contributed by atoms with Crippen LogP contribution in [-0.2, 0) is 19.5 Å². The first kappa shape index (κ1) is 18.2. The molecule has 1 aromatic carbocycles.